The number of rotatable bonds is 7. The molecule has 0 aromatic heterocycles. The molecule has 0 saturated carbocycles. The Hall–Kier alpha value is -3.35. The van der Waals surface area contributed by atoms with Gasteiger partial charge in [0.15, 0.2) is 0 Å². The monoisotopic (exact) mass is 492 g/mol. The fourth-order valence-corrected chi connectivity index (χ4v) is 3.85. The molecule has 0 unspecified atom stereocenters. The van der Waals surface area contributed by atoms with E-state index in [-0.39, 0.29) is 11.9 Å². The topological polar surface area (TPSA) is 73.5 Å². The summed E-state index contributed by atoms with van der Waals surface area (Å²) in [4.78, 5) is 25.7. The Kier molecular flexibility index (Phi) is 10.6. The summed E-state index contributed by atoms with van der Waals surface area (Å²) >= 11 is 5.81. The summed E-state index contributed by atoms with van der Waals surface area (Å²) < 4.78 is 0. The lowest BCUT2D eigenvalue weighted by Gasteiger charge is -2.13. The quantitative estimate of drug-likeness (QED) is 0.422. The summed E-state index contributed by atoms with van der Waals surface area (Å²) in [5.74, 6) is -0.0496. The number of urea groups is 1. The highest BCUT2D eigenvalue weighted by Gasteiger charge is 2.10. The smallest absolute Gasteiger partial charge is 0.319 e. The van der Waals surface area contributed by atoms with E-state index >= 15 is 0 Å². The maximum absolute atomic E-state index is 11.8. The molecule has 0 spiro atoms. The van der Waals surface area contributed by atoms with E-state index in [1.165, 1.54) is 31.5 Å². The van der Waals surface area contributed by atoms with Crippen molar-refractivity contribution in [1.82, 2.24) is 15.5 Å². The maximum Gasteiger partial charge on any atom is 0.319 e. The van der Waals surface area contributed by atoms with Crippen LogP contribution < -0.4 is 16.0 Å². The number of nitrogens with one attached hydrogen (secondary N) is 3. The first kappa shape index (κ1) is 26.3. The zero-order valence-corrected chi connectivity index (χ0v) is 20.9. The first-order valence-corrected chi connectivity index (χ1v) is 12.2. The Balaban J connectivity index is 0.000000237. The molecule has 1 aliphatic rings. The van der Waals surface area contributed by atoms with Crippen molar-refractivity contribution in [2.75, 3.05) is 25.5 Å². The van der Waals surface area contributed by atoms with Crippen LogP contribution in [0.1, 0.15) is 29.5 Å². The number of carbonyl (C=O) groups excluding carboxylic acids is 2. The number of carbonyl (C=O) groups is 2. The van der Waals surface area contributed by atoms with Gasteiger partial charge < -0.3 is 16.0 Å². The number of hydrogen-bond acceptors (Lipinski definition) is 3. The molecule has 6 nitrogen and oxygen atoms in total. The Morgan fingerprint density at radius 1 is 0.829 bits per heavy atom. The first-order valence-electron chi connectivity index (χ1n) is 11.9. The van der Waals surface area contributed by atoms with Crippen molar-refractivity contribution >= 4 is 29.2 Å². The molecule has 3 aromatic carbocycles. The van der Waals surface area contributed by atoms with Crippen LogP contribution in [0.3, 0.4) is 0 Å². The highest BCUT2D eigenvalue weighted by molar-refractivity contribution is 6.30. The number of halogens is 1. The normalized spacial score (nSPS) is 12.9. The van der Waals surface area contributed by atoms with Crippen LogP contribution >= 0.6 is 11.6 Å². The SMILES string of the molecule is CNC(=O)Cc1ccc(NC(=O)NCc2ccc(Cl)cc2)cc1.c1ccc(CN2CCCC2)cc1. The number of likely N-dealkylation sites (N-methyl/N-ethyl adjacent to an activating group) is 1. The number of benzene rings is 3. The van der Waals surface area contributed by atoms with Crippen molar-refractivity contribution in [3.05, 3.63) is 101 Å². The average molecular weight is 493 g/mol. The van der Waals surface area contributed by atoms with Crippen LogP contribution in [-0.4, -0.2) is 37.0 Å². The maximum atomic E-state index is 11.8. The standard InChI is InChI=1S/C17H18ClN3O2.C11H15N/c1-19-16(22)10-12-4-8-15(9-5-12)21-17(23)20-11-13-2-6-14(18)7-3-13;1-2-6-11(7-3-1)10-12-8-4-5-9-12/h2-9H,10-11H2,1H3,(H,19,22)(H2,20,21,23);1-3,6-7H,4-5,8-10H2. The van der Waals surface area contributed by atoms with E-state index in [1.807, 2.05) is 24.3 Å². The highest BCUT2D eigenvalue weighted by atomic mass is 35.5. The fraction of sp³-hybridized carbons (Fsp3) is 0.286. The van der Waals surface area contributed by atoms with Crippen LogP contribution in [0.25, 0.3) is 0 Å². The van der Waals surface area contributed by atoms with E-state index in [2.05, 4.69) is 51.2 Å². The van der Waals surface area contributed by atoms with Gasteiger partial charge in [-0.1, -0.05) is 66.2 Å². The van der Waals surface area contributed by atoms with E-state index in [0.717, 1.165) is 17.7 Å². The third-order valence-electron chi connectivity index (χ3n) is 5.67. The van der Waals surface area contributed by atoms with Crippen LogP contribution in [0.15, 0.2) is 78.9 Å². The number of hydrogen-bond donors (Lipinski definition) is 3. The van der Waals surface area contributed by atoms with E-state index < -0.39 is 0 Å². The lowest BCUT2D eigenvalue weighted by Crippen LogP contribution is -2.28. The fourth-order valence-electron chi connectivity index (χ4n) is 3.72. The van der Waals surface area contributed by atoms with Gasteiger partial charge in [0.2, 0.25) is 5.91 Å². The van der Waals surface area contributed by atoms with Gasteiger partial charge in [-0.15, -0.1) is 0 Å². The third kappa shape index (κ3) is 9.81. The van der Waals surface area contributed by atoms with Crippen LogP contribution in [-0.2, 0) is 24.3 Å². The summed E-state index contributed by atoms with van der Waals surface area (Å²) in [6.07, 6.45) is 3.08. The molecule has 3 aromatic rings. The minimum Gasteiger partial charge on any atom is -0.359 e. The summed E-state index contributed by atoms with van der Waals surface area (Å²) in [7, 11) is 1.60. The summed E-state index contributed by atoms with van der Waals surface area (Å²) in [5.41, 5.74) is 3.96. The summed E-state index contributed by atoms with van der Waals surface area (Å²) in [6, 6.07) is 24.9. The van der Waals surface area contributed by atoms with Crippen molar-refractivity contribution in [1.29, 1.82) is 0 Å². The van der Waals surface area contributed by atoms with Gasteiger partial charge in [0.05, 0.1) is 6.42 Å². The van der Waals surface area contributed by atoms with Crippen LogP contribution in [0.2, 0.25) is 5.02 Å². The molecule has 7 heteroatoms. The minimum atomic E-state index is -0.293. The minimum absolute atomic E-state index is 0.0496. The number of anilines is 1. The lowest BCUT2D eigenvalue weighted by atomic mass is 10.1. The molecule has 0 aliphatic carbocycles. The van der Waals surface area contributed by atoms with Gasteiger partial charge in [-0.25, -0.2) is 4.79 Å². The second kappa shape index (κ2) is 14.1. The third-order valence-corrected chi connectivity index (χ3v) is 5.92. The highest BCUT2D eigenvalue weighted by Crippen LogP contribution is 2.12. The molecule has 0 radical (unpaired) electrons. The second-order valence-corrected chi connectivity index (χ2v) is 8.89. The van der Waals surface area contributed by atoms with Gasteiger partial charge in [-0.3, -0.25) is 9.69 Å². The van der Waals surface area contributed by atoms with E-state index in [4.69, 9.17) is 11.6 Å². The number of likely N-dealkylation sites (tertiary alicyclic amines) is 1. The van der Waals surface area contributed by atoms with E-state index in [0.29, 0.717) is 23.7 Å². The lowest BCUT2D eigenvalue weighted by molar-refractivity contribution is -0.119. The molecule has 3 amide bonds. The second-order valence-electron chi connectivity index (χ2n) is 8.45. The van der Waals surface area contributed by atoms with Crippen molar-refractivity contribution in [2.24, 2.45) is 0 Å². The average Bonchev–Trinajstić information content (AvgIpc) is 3.39. The van der Waals surface area contributed by atoms with Gasteiger partial charge in [0.25, 0.3) is 0 Å². The number of amides is 3. The van der Waals surface area contributed by atoms with Crippen LogP contribution in [0.5, 0.6) is 0 Å². The Labute approximate surface area is 212 Å². The largest absolute Gasteiger partial charge is 0.359 e. The zero-order valence-electron chi connectivity index (χ0n) is 20.1. The molecular formula is C28H33ClN4O2. The van der Waals surface area contributed by atoms with Gasteiger partial charge in [-0.2, -0.15) is 0 Å². The van der Waals surface area contributed by atoms with Crippen LogP contribution in [0.4, 0.5) is 10.5 Å². The Morgan fingerprint density at radius 3 is 2.09 bits per heavy atom. The molecule has 184 valence electrons. The molecule has 1 heterocycles. The van der Waals surface area contributed by atoms with Gasteiger partial charge >= 0.3 is 6.03 Å². The molecule has 3 N–H and O–H groups in total. The summed E-state index contributed by atoms with van der Waals surface area (Å²) in [6.45, 7) is 4.13. The van der Waals surface area contributed by atoms with Crippen molar-refractivity contribution in [3.63, 3.8) is 0 Å². The van der Waals surface area contributed by atoms with Crippen LogP contribution in [0, 0.1) is 0 Å². The Morgan fingerprint density at radius 2 is 1.46 bits per heavy atom. The van der Waals surface area contributed by atoms with Crippen molar-refractivity contribution in [2.45, 2.75) is 32.4 Å². The predicted octanol–water partition coefficient (Wildman–Crippen LogP) is 5.23. The first-order chi connectivity index (χ1) is 17.0. The molecule has 4 rings (SSSR count). The molecule has 0 atom stereocenters. The van der Waals surface area contributed by atoms with Gasteiger partial charge in [0, 0.05) is 30.8 Å². The van der Waals surface area contributed by atoms with E-state index in [9.17, 15) is 9.59 Å². The molecule has 0 bridgehead atoms. The molecule has 1 saturated heterocycles. The van der Waals surface area contributed by atoms with Crippen molar-refractivity contribution in [3.8, 4) is 0 Å². The predicted molar refractivity (Wildman–Crippen MR) is 142 cm³/mol. The molecule has 35 heavy (non-hydrogen) atoms. The molecular weight excluding hydrogens is 460 g/mol. The van der Waals surface area contributed by atoms with E-state index in [1.54, 1.807) is 31.3 Å². The number of nitrogens with zero attached hydrogens (tertiary/aromatic N) is 1. The summed E-state index contributed by atoms with van der Waals surface area (Å²) in [5, 5.41) is 8.74. The molecule has 1 fully saturated rings. The Bertz CT molecular complexity index is 1050. The van der Waals surface area contributed by atoms with Gasteiger partial charge in [-0.05, 0) is 66.9 Å². The van der Waals surface area contributed by atoms with Crippen molar-refractivity contribution < 1.29 is 9.59 Å². The zero-order chi connectivity index (χ0) is 24.9. The van der Waals surface area contributed by atoms with Gasteiger partial charge in [0.1, 0.15) is 0 Å². The molecule has 1 aliphatic heterocycles.